The van der Waals surface area contributed by atoms with E-state index in [1.54, 1.807) is 0 Å². The molecule has 0 spiro atoms. The van der Waals surface area contributed by atoms with Gasteiger partial charge in [-0.2, -0.15) is 18.2 Å². The van der Waals surface area contributed by atoms with Crippen LogP contribution in [0.2, 0.25) is 0 Å². The molecule has 2 aliphatic rings. The van der Waals surface area contributed by atoms with Crippen LogP contribution >= 0.6 is 0 Å². The quantitative estimate of drug-likeness (QED) is 0.666. The van der Waals surface area contributed by atoms with Crippen molar-refractivity contribution in [3.63, 3.8) is 0 Å². The number of hydrogen-bond acceptors (Lipinski definition) is 4. The fourth-order valence-corrected chi connectivity index (χ4v) is 1.60. The number of fused-ring (bicyclic) bond motifs is 1. The number of nitrogens with zero attached hydrogens (tertiary/aromatic N) is 2. The summed E-state index contributed by atoms with van der Waals surface area (Å²) in [5, 5.41) is 11.4. The van der Waals surface area contributed by atoms with E-state index in [0.717, 1.165) is 6.92 Å². The molecule has 0 aromatic rings. The van der Waals surface area contributed by atoms with Gasteiger partial charge in [0, 0.05) is 11.8 Å². The SMILES string of the molecule is C=C1C=C(O)N=C2N[C@](C)(C(F)(F)F)CN12. The van der Waals surface area contributed by atoms with Gasteiger partial charge >= 0.3 is 6.18 Å². The largest absolute Gasteiger partial charge is 0.493 e. The van der Waals surface area contributed by atoms with E-state index in [1.807, 2.05) is 0 Å². The summed E-state index contributed by atoms with van der Waals surface area (Å²) in [5.41, 5.74) is -1.80. The molecule has 1 atom stereocenters. The average molecular weight is 233 g/mol. The first kappa shape index (κ1) is 10.8. The molecular weight excluding hydrogens is 223 g/mol. The van der Waals surface area contributed by atoms with Crippen LogP contribution in [0.5, 0.6) is 0 Å². The molecule has 0 amide bonds. The first-order chi connectivity index (χ1) is 7.23. The number of guanidine groups is 1. The van der Waals surface area contributed by atoms with Crippen molar-refractivity contribution in [1.82, 2.24) is 10.2 Å². The van der Waals surface area contributed by atoms with Crippen LogP contribution in [0.25, 0.3) is 0 Å². The molecule has 0 saturated carbocycles. The van der Waals surface area contributed by atoms with Crippen LogP contribution in [0.1, 0.15) is 6.92 Å². The van der Waals surface area contributed by atoms with Gasteiger partial charge < -0.3 is 15.3 Å². The Labute approximate surface area is 89.8 Å². The molecule has 2 rings (SSSR count). The zero-order valence-electron chi connectivity index (χ0n) is 8.47. The maximum absolute atomic E-state index is 12.8. The molecule has 1 fully saturated rings. The van der Waals surface area contributed by atoms with Crippen molar-refractivity contribution in [3.05, 3.63) is 24.2 Å². The summed E-state index contributed by atoms with van der Waals surface area (Å²) in [6.07, 6.45) is -3.18. The van der Waals surface area contributed by atoms with Crippen LogP contribution in [0.3, 0.4) is 0 Å². The summed E-state index contributed by atoms with van der Waals surface area (Å²) in [4.78, 5) is 4.88. The fraction of sp³-hybridized carbons (Fsp3) is 0.444. The molecule has 0 aliphatic carbocycles. The summed E-state index contributed by atoms with van der Waals surface area (Å²) in [5.74, 6) is -0.375. The highest BCUT2D eigenvalue weighted by Crippen LogP contribution is 2.36. The molecule has 0 aromatic carbocycles. The van der Waals surface area contributed by atoms with E-state index >= 15 is 0 Å². The summed E-state index contributed by atoms with van der Waals surface area (Å²) in [7, 11) is 0. The van der Waals surface area contributed by atoms with Crippen molar-refractivity contribution in [2.45, 2.75) is 18.6 Å². The highest BCUT2D eigenvalue weighted by atomic mass is 19.4. The van der Waals surface area contributed by atoms with Gasteiger partial charge in [0.2, 0.25) is 11.8 Å². The molecule has 2 heterocycles. The first-order valence-electron chi connectivity index (χ1n) is 4.54. The number of nitrogens with one attached hydrogen (secondary N) is 1. The molecule has 2 aliphatic heterocycles. The Morgan fingerprint density at radius 2 is 2.25 bits per heavy atom. The van der Waals surface area contributed by atoms with Crippen molar-refractivity contribution in [2.24, 2.45) is 4.99 Å². The second kappa shape index (κ2) is 2.93. The van der Waals surface area contributed by atoms with E-state index in [9.17, 15) is 13.2 Å². The zero-order valence-corrected chi connectivity index (χ0v) is 8.47. The van der Waals surface area contributed by atoms with Gasteiger partial charge in [0.05, 0.1) is 6.54 Å². The standard InChI is InChI=1S/C9H10F3N3O/c1-5-3-6(16)13-7-14-8(2,4-15(5)7)9(10,11)12/h3,16H,1,4H2,2H3,(H,13,14)/t8-/m0/s1. The van der Waals surface area contributed by atoms with E-state index in [-0.39, 0.29) is 24.1 Å². The Balaban J connectivity index is 2.34. The Bertz CT molecular complexity index is 413. The number of allylic oxidation sites excluding steroid dienone is 1. The van der Waals surface area contributed by atoms with Crippen molar-refractivity contribution >= 4 is 5.96 Å². The molecule has 2 N–H and O–H groups in total. The minimum atomic E-state index is -4.40. The van der Waals surface area contributed by atoms with Crippen LogP contribution in [-0.2, 0) is 0 Å². The van der Waals surface area contributed by atoms with Gasteiger partial charge in [-0.25, -0.2) is 0 Å². The van der Waals surface area contributed by atoms with Crippen LogP contribution in [0.15, 0.2) is 29.2 Å². The molecule has 0 radical (unpaired) electrons. The Morgan fingerprint density at radius 3 is 2.81 bits per heavy atom. The van der Waals surface area contributed by atoms with E-state index in [2.05, 4.69) is 16.9 Å². The highest BCUT2D eigenvalue weighted by Gasteiger charge is 2.57. The van der Waals surface area contributed by atoms with Crippen molar-refractivity contribution in [2.75, 3.05) is 6.54 Å². The molecule has 1 saturated heterocycles. The van der Waals surface area contributed by atoms with Gasteiger partial charge in [0.1, 0.15) is 0 Å². The van der Waals surface area contributed by atoms with Crippen molar-refractivity contribution in [1.29, 1.82) is 0 Å². The predicted octanol–water partition coefficient (Wildman–Crippen LogP) is 1.50. The van der Waals surface area contributed by atoms with E-state index in [1.165, 1.54) is 11.0 Å². The lowest BCUT2D eigenvalue weighted by atomic mass is 10.0. The summed E-state index contributed by atoms with van der Waals surface area (Å²) >= 11 is 0. The number of aliphatic hydroxyl groups excluding tert-OH is 1. The fourth-order valence-electron chi connectivity index (χ4n) is 1.60. The van der Waals surface area contributed by atoms with Gasteiger partial charge in [-0.3, -0.25) is 0 Å². The average Bonchev–Trinajstić information content (AvgIpc) is 2.42. The number of aliphatic hydroxyl groups is 1. The molecule has 0 bridgehead atoms. The summed E-state index contributed by atoms with van der Waals surface area (Å²) in [6, 6.07) is 0. The van der Waals surface area contributed by atoms with Gasteiger partial charge in [-0.05, 0) is 6.92 Å². The molecule has 0 aromatic heterocycles. The molecule has 88 valence electrons. The zero-order chi connectivity index (χ0) is 12.1. The van der Waals surface area contributed by atoms with Crippen molar-refractivity contribution in [3.8, 4) is 0 Å². The van der Waals surface area contributed by atoms with E-state index in [4.69, 9.17) is 5.11 Å². The molecule has 0 unspecified atom stereocenters. The summed E-state index contributed by atoms with van der Waals surface area (Å²) in [6.45, 7) is 4.29. The number of aliphatic imine (C=N–C) groups is 1. The molecular formula is C9H10F3N3O. The van der Waals surface area contributed by atoms with Crippen LogP contribution in [0, 0.1) is 0 Å². The minimum Gasteiger partial charge on any atom is -0.493 e. The summed E-state index contributed by atoms with van der Waals surface area (Å²) < 4.78 is 38.3. The molecule has 4 nitrogen and oxygen atoms in total. The van der Waals surface area contributed by atoms with Gasteiger partial charge in [-0.15, -0.1) is 0 Å². The third kappa shape index (κ3) is 1.43. The Morgan fingerprint density at radius 1 is 1.62 bits per heavy atom. The normalized spacial score (nSPS) is 29.5. The van der Waals surface area contributed by atoms with E-state index < -0.39 is 11.7 Å². The predicted molar refractivity (Wildman–Crippen MR) is 51.6 cm³/mol. The second-order valence-electron chi connectivity index (χ2n) is 3.97. The third-order valence-corrected chi connectivity index (χ3v) is 2.61. The maximum atomic E-state index is 12.8. The monoisotopic (exact) mass is 233 g/mol. The maximum Gasteiger partial charge on any atom is 0.412 e. The van der Waals surface area contributed by atoms with E-state index in [0.29, 0.717) is 0 Å². The lowest BCUT2D eigenvalue weighted by Gasteiger charge is -2.26. The number of alkyl halides is 3. The lowest BCUT2D eigenvalue weighted by Crippen LogP contribution is -2.53. The smallest absolute Gasteiger partial charge is 0.412 e. The first-order valence-corrected chi connectivity index (χ1v) is 4.54. The van der Waals surface area contributed by atoms with Gasteiger partial charge in [0.15, 0.2) is 5.54 Å². The molecule has 7 heteroatoms. The number of rotatable bonds is 0. The Hall–Kier alpha value is -1.66. The van der Waals surface area contributed by atoms with Gasteiger partial charge in [0.25, 0.3) is 0 Å². The van der Waals surface area contributed by atoms with Crippen LogP contribution in [0.4, 0.5) is 13.2 Å². The third-order valence-electron chi connectivity index (χ3n) is 2.61. The lowest BCUT2D eigenvalue weighted by molar-refractivity contribution is -0.183. The molecule has 16 heavy (non-hydrogen) atoms. The second-order valence-corrected chi connectivity index (χ2v) is 3.97. The van der Waals surface area contributed by atoms with Crippen LogP contribution in [-0.4, -0.2) is 34.2 Å². The Kier molecular flexibility index (Phi) is 1.98. The van der Waals surface area contributed by atoms with Gasteiger partial charge in [-0.1, -0.05) is 6.58 Å². The number of halogens is 3. The topological polar surface area (TPSA) is 47.9 Å². The highest BCUT2D eigenvalue weighted by molar-refractivity contribution is 5.87. The van der Waals surface area contributed by atoms with Crippen molar-refractivity contribution < 1.29 is 18.3 Å². The number of hydrogen-bond donors (Lipinski definition) is 2. The van der Waals surface area contributed by atoms with Crippen LogP contribution < -0.4 is 5.32 Å². The minimum absolute atomic E-state index is 0.0233.